The van der Waals surface area contributed by atoms with Gasteiger partial charge in [-0.2, -0.15) is 0 Å². The normalized spacial score (nSPS) is 10.8. The van der Waals surface area contributed by atoms with Crippen LogP contribution >= 0.6 is 11.3 Å². The molecule has 0 saturated carbocycles. The highest BCUT2D eigenvalue weighted by Gasteiger charge is 2.04. The molecule has 0 fully saturated rings. The maximum Gasteiger partial charge on any atom is 0.336 e. The van der Waals surface area contributed by atoms with E-state index in [4.69, 9.17) is 5.11 Å². The van der Waals surface area contributed by atoms with Crippen LogP contribution in [0.2, 0.25) is 0 Å². The van der Waals surface area contributed by atoms with Crippen molar-refractivity contribution in [2.24, 2.45) is 4.99 Å². The van der Waals surface area contributed by atoms with Crippen molar-refractivity contribution < 1.29 is 9.90 Å². The van der Waals surface area contributed by atoms with Gasteiger partial charge in [0.15, 0.2) is 0 Å². The monoisotopic (exact) mass is 231 g/mol. The van der Waals surface area contributed by atoms with E-state index in [-0.39, 0.29) is 0 Å². The lowest BCUT2D eigenvalue weighted by Gasteiger charge is -1.89. The van der Waals surface area contributed by atoms with Gasteiger partial charge in [0.1, 0.15) is 0 Å². The van der Waals surface area contributed by atoms with Crippen molar-refractivity contribution in [3.8, 4) is 0 Å². The molecule has 1 aromatic heterocycles. The van der Waals surface area contributed by atoms with E-state index in [1.807, 2.05) is 30.3 Å². The fraction of sp³-hybridized carbons (Fsp3) is 0. The highest BCUT2D eigenvalue weighted by atomic mass is 32.1. The molecule has 16 heavy (non-hydrogen) atoms. The molecule has 0 aliphatic heterocycles. The molecule has 2 aromatic rings. The van der Waals surface area contributed by atoms with Gasteiger partial charge in [0.05, 0.1) is 11.3 Å². The third-order valence-corrected chi connectivity index (χ3v) is 2.83. The zero-order valence-electron chi connectivity index (χ0n) is 8.33. The zero-order chi connectivity index (χ0) is 11.4. The van der Waals surface area contributed by atoms with Gasteiger partial charge in [-0.25, -0.2) is 4.79 Å². The smallest absolute Gasteiger partial charge is 0.336 e. The molecular weight excluding hydrogens is 222 g/mol. The molecule has 1 aromatic carbocycles. The Kier molecular flexibility index (Phi) is 3.12. The van der Waals surface area contributed by atoms with Gasteiger partial charge in [-0.3, -0.25) is 4.99 Å². The van der Waals surface area contributed by atoms with E-state index in [0.717, 1.165) is 10.6 Å². The Morgan fingerprint density at radius 2 is 2.06 bits per heavy atom. The lowest BCUT2D eigenvalue weighted by molar-refractivity contribution is 0.0697. The van der Waals surface area contributed by atoms with Crippen LogP contribution < -0.4 is 0 Å². The Labute approximate surface area is 96.7 Å². The van der Waals surface area contributed by atoms with E-state index in [0.29, 0.717) is 5.56 Å². The molecule has 80 valence electrons. The standard InChI is InChI=1S/C12H9NO2S/c14-12(15)9-6-11(16-8-9)7-13-10-4-2-1-3-5-10/h1-8H,(H,14,15). The Morgan fingerprint density at radius 3 is 2.69 bits per heavy atom. The van der Waals surface area contributed by atoms with Crippen molar-refractivity contribution in [2.75, 3.05) is 0 Å². The number of benzene rings is 1. The minimum Gasteiger partial charge on any atom is -0.478 e. The number of para-hydroxylation sites is 1. The van der Waals surface area contributed by atoms with Gasteiger partial charge in [0.2, 0.25) is 0 Å². The quantitative estimate of drug-likeness (QED) is 0.825. The molecule has 0 unspecified atom stereocenters. The number of nitrogens with zero attached hydrogens (tertiary/aromatic N) is 1. The van der Waals surface area contributed by atoms with Gasteiger partial charge >= 0.3 is 5.97 Å². The summed E-state index contributed by atoms with van der Waals surface area (Å²) < 4.78 is 0. The van der Waals surface area contributed by atoms with Crippen molar-refractivity contribution in [1.82, 2.24) is 0 Å². The predicted molar refractivity (Wildman–Crippen MR) is 65.0 cm³/mol. The molecule has 4 heteroatoms. The maximum absolute atomic E-state index is 10.7. The molecule has 0 aliphatic carbocycles. The number of carboxylic acids is 1. The fourth-order valence-corrected chi connectivity index (χ4v) is 1.93. The van der Waals surface area contributed by atoms with Crippen LogP contribution in [0.4, 0.5) is 5.69 Å². The van der Waals surface area contributed by atoms with Crippen molar-refractivity contribution in [3.63, 3.8) is 0 Å². The second-order valence-electron chi connectivity index (χ2n) is 3.14. The lowest BCUT2D eigenvalue weighted by atomic mass is 10.3. The highest BCUT2D eigenvalue weighted by Crippen LogP contribution is 2.15. The van der Waals surface area contributed by atoms with Crippen molar-refractivity contribution in [1.29, 1.82) is 0 Å². The summed E-state index contributed by atoms with van der Waals surface area (Å²) in [6.45, 7) is 0. The van der Waals surface area contributed by atoms with Gasteiger partial charge in [0, 0.05) is 16.5 Å². The molecular formula is C12H9NO2S. The third-order valence-electron chi connectivity index (χ3n) is 1.96. The lowest BCUT2D eigenvalue weighted by Crippen LogP contribution is -1.91. The van der Waals surface area contributed by atoms with Crippen LogP contribution in [0.5, 0.6) is 0 Å². The second-order valence-corrected chi connectivity index (χ2v) is 4.08. The first-order valence-corrected chi connectivity index (χ1v) is 5.54. The Morgan fingerprint density at radius 1 is 1.31 bits per heavy atom. The topological polar surface area (TPSA) is 49.7 Å². The Bertz CT molecular complexity index is 517. The maximum atomic E-state index is 10.7. The van der Waals surface area contributed by atoms with Crippen LogP contribution in [-0.4, -0.2) is 17.3 Å². The van der Waals surface area contributed by atoms with E-state index >= 15 is 0 Å². The second kappa shape index (κ2) is 4.72. The van der Waals surface area contributed by atoms with Crippen LogP contribution in [0.1, 0.15) is 15.2 Å². The van der Waals surface area contributed by atoms with Gasteiger partial charge in [-0.05, 0) is 18.2 Å². The molecule has 0 amide bonds. The average Bonchev–Trinajstić information content (AvgIpc) is 2.76. The SMILES string of the molecule is O=C(O)c1csc(C=Nc2ccccc2)c1. The first-order valence-electron chi connectivity index (χ1n) is 4.66. The molecule has 3 nitrogen and oxygen atoms in total. The van der Waals surface area contributed by atoms with E-state index in [2.05, 4.69) is 4.99 Å². The first-order chi connectivity index (χ1) is 7.75. The number of carbonyl (C=O) groups is 1. The van der Waals surface area contributed by atoms with Gasteiger partial charge in [-0.15, -0.1) is 11.3 Å². The van der Waals surface area contributed by atoms with Gasteiger partial charge in [-0.1, -0.05) is 18.2 Å². The van der Waals surface area contributed by atoms with Gasteiger partial charge < -0.3 is 5.11 Å². The average molecular weight is 231 g/mol. The largest absolute Gasteiger partial charge is 0.478 e. The van der Waals surface area contributed by atoms with Crippen LogP contribution in [0.25, 0.3) is 0 Å². The number of carboxylic acid groups (broad SMARTS) is 1. The van der Waals surface area contributed by atoms with Crippen molar-refractivity contribution >= 4 is 29.2 Å². The summed E-state index contributed by atoms with van der Waals surface area (Å²) in [5, 5.41) is 10.4. The number of thiophene rings is 1. The van der Waals surface area contributed by atoms with Crippen molar-refractivity contribution in [2.45, 2.75) is 0 Å². The molecule has 1 N–H and O–H groups in total. The Balaban J connectivity index is 2.15. The number of aliphatic imine (C=N–C) groups is 1. The zero-order valence-corrected chi connectivity index (χ0v) is 9.15. The summed E-state index contributed by atoms with van der Waals surface area (Å²) in [7, 11) is 0. The number of aromatic carboxylic acids is 1. The summed E-state index contributed by atoms with van der Waals surface area (Å²) in [6, 6.07) is 11.1. The molecule has 0 radical (unpaired) electrons. The first kappa shape index (κ1) is 10.6. The molecule has 0 spiro atoms. The molecule has 1 heterocycles. The molecule has 0 aliphatic rings. The fourth-order valence-electron chi connectivity index (χ4n) is 1.18. The van der Waals surface area contributed by atoms with E-state index < -0.39 is 5.97 Å². The number of hydrogen-bond donors (Lipinski definition) is 1. The summed E-state index contributed by atoms with van der Waals surface area (Å²) >= 11 is 1.37. The molecule has 0 atom stereocenters. The van der Waals surface area contributed by atoms with Crippen LogP contribution in [0, 0.1) is 0 Å². The van der Waals surface area contributed by atoms with Gasteiger partial charge in [0.25, 0.3) is 0 Å². The third kappa shape index (κ3) is 2.55. The van der Waals surface area contributed by atoms with Crippen LogP contribution in [0.3, 0.4) is 0 Å². The summed E-state index contributed by atoms with van der Waals surface area (Å²) in [5.41, 5.74) is 1.16. The van der Waals surface area contributed by atoms with Crippen LogP contribution in [-0.2, 0) is 0 Å². The minimum absolute atomic E-state index is 0.305. The molecule has 0 saturated heterocycles. The highest BCUT2D eigenvalue weighted by molar-refractivity contribution is 7.12. The molecule has 0 bridgehead atoms. The number of rotatable bonds is 3. The Hall–Kier alpha value is -1.94. The molecule has 2 rings (SSSR count). The van der Waals surface area contributed by atoms with Crippen molar-refractivity contribution in [3.05, 3.63) is 52.2 Å². The summed E-state index contributed by atoms with van der Waals surface area (Å²) in [4.78, 5) is 15.7. The van der Waals surface area contributed by atoms with E-state index in [1.54, 1.807) is 17.7 Å². The van der Waals surface area contributed by atoms with Crippen LogP contribution in [0.15, 0.2) is 46.8 Å². The summed E-state index contributed by atoms with van der Waals surface area (Å²) in [6.07, 6.45) is 1.67. The predicted octanol–water partition coefficient (Wildman–Crippen LogP) is 3.20. The number of hydrogen-bond acceptors (Lipinski definition) is 3. The summed E-state index contributed by atoms with van der Waals surface area (Å²) in [5.74, 6) is -0.907. The van der Waals surface area contributed by atoms with E-state index in [1.165, 1.54) is 11.3 Å². The minimum atomic E-state index is -0.907. The van der Waals surface area contributed by atoms with E-state index in [9.17, 15) is 4.79 Å².